The number of hydrogen-bond donors (Lipinski definition) is 0. The monoisotopic (exact) mass is 395 g/mol. The molecule has 0 unspecified atom stereocenters. The fourth-order valence-electron chi connectivity index (χ4n) is 3.88. The van der Waals surface area contributed by atoms with Gasteiger partial charge in [-0.15, -0.1) is 22.7 Å². The Morgan fingerprint density at radius 2 is 2.12 bits per heavy atom. The molecule has 2 atom stereocenters. The first-order valence-corrected chi connectivity index (χ1v) is 10.9. The van der Waals surface area contributed by atoms with E-state index in [2.05, 4.69) is 9.88 Å². The van der Waals surface area contributed by atoms with Gasteiger partial charge in [0.1, 0.15) is 5.01 Å². The molecule has 0 aliphatic carbocycles. The molecule has 0 bridgehead atoms. The molecular formula is C18H22ClN3OS2. The molecule has 0 N–H and O–H groups in total. The van der Waals surface area contributed by atoms with Crippen LogP contribution in [0.4, 0.5) is 0 Å². The Morgan fingerprint density at radius 1 is 1.32 bits per heavy atom. The van der Waals surface area contributed by atoms with Crippen LogP contribution in [0.1, 0.15) is 36.6 Å². The van der Waals surface area contributed by atoms with E-state index < -0.39 is 0 Å². The average Bonchev–Trinajstić information content (AvgIpc) is 3.32. The van der Waals surface area contributed by atoms with E-state index in [-0.39, 0.29) is 17.9 Å². The molecule has 2 saturated heterocycles. The Labute approximate surface area is 161 Å². The molecule has 0 spiro atoms. The molecule has 134 valence electrons. The van der Waals surface area contributed by atoms with Crippen molar-refractivity contribution in [2.24, 2.45) is 5.92 Å². The van der Waals surface area contributed by atoms with Gasteiger partial charge < -0.3 is 9.80 Å². The van der Waals surface area contributed by atoms with E-state index in [1.165, 1.54) is 19.3 Å². The van der Waals surface area contributed by atoms with E-state index in [1.807, 2.05) is 29.6 Å². The molecule has 0 saturated carbocycles. The zero-order chi connectivity index (χ0) is 17.4. The number of nitrogens with zero attached hydrogens (tertiary/aromatic N) is 3. The van der Waals surface area contributed by atoms with Gasteiger partial charge in [0.05, 0.1) is 21.9 Å². The third-order valence-electron chi connectivity index (χ3n) is 5.26. The van der Waals surface area contributed by atoms with Gasteiger partial charge in [0.25, 0.3) is 0 Å². The Bertz CT molecular complexity index is 753. The first kappa shape index (κ1) is 17.5. The Hall–Kier alpha value is -0.950. The number of piperidine rings is 1. The van der Waals surface area contributed by atoms with Crippen LogP contribution in [-0.2, 0) is 4.79 Å². The third kappa shape index (κ3) is 3.50. The number of thiazole rings is 1. The topological polar surface area (TPSA) is 36.4 Å². The zero-order valence-corrected chi connectivity index (χ0v) is 16.7. The van der Waals surface area contributed by atoms with Crippen molar-refractivity contribution in [2.45, 2.75) is 31.7 Å². The quantitative estimate of drug-likeness (QED) is 0.763. The second-order valence-corrected chi connectivity index (χ2v) is 9.31. The predicted octanol–water partition coefficient (Wildman–Crippen LogP) is 4.53. The number of carbonyl (C=O) groups is 1. The highest BCUT2D eigenvalue weighted by atomic mass is 35.5. The van der Waals surface area contributed by atoms with Gasteiger partial charge in [-0.1, -0.05) is 18.0 Å². The maximum atomic E-state index is 12.7. The first-order valence-electron chi connectivity index (χ1n) is 8.81. The van der Waals surface area contributed by atoms with Crippen LogP contribution < -0.4 is 0 Å². The van der Waals surface area contributed by atoms with Crippen LogP contribution in [0.25, 0.3) is 9.88 Å². The molecule has 2 aliphatic rings. The van der Waals surface area contributed by atoms with Crippen LogP contribution in [-0.4, -0.2) is 47.4 Å². The van der Waals surface area contributed by atoms with Gasteiger partial charge in [0.2, 0.25) is 5.91 Å². The molecule has 4 nitrogen and oxygen atoms in total. The molecule has 2 aromatic heterocycles. The van der Waals surface area contributed by atoms with Crippen LogP contribution in [0.5, 0.6) is 0 Å². The molecule has 1 amide bonds. The van der Waals surface area contributed by atoms with Gasteiger partial charge in [-0.3, -0.25) is 4.79 Å². The molecule has 4 heterocycles. The Morgan fingerprint density at radius 3 is 2.84 bits per heavy atom. The van der Waals surface area contributed by atoms with Crippen LogP contribution in [0, 0.1) is 5.92 Å². The van der Waals surface area contributed by atoms with Gasteiger partial charge in [-0.25, -0.2) is 4.98 Å². The van der Waals surface area contributed by atoms with Crippen LogP contribution in [0.3, 0.4) is 0 Å². The summed E-state index contributed by atoms with van der Waals surface area (Å²) in [5.41, 5.74) is 0. The van der Waals surface area contributed by atoms with Gasteiger partial charge in [0.15, 0.2) is 0 Å². The Balaban J connectivity index is 1.48. The highest BCUT2D eigenvalue weighted by molar-refractivity contribution is 7.21. The summed E-state index contributed by atoms with van der Waals surface area (Å²) in [5.74, 6) is 0.392. The van der Waals surface area contributed by atoms with E-state index in [9.17, 15) is 4.79 Å². The smallest absolute Gasteiger partial charge is 0.227 e. The Kier molecular flexibility index (Phi) is 5.13. The van der Waals surface area contributed by atoms with Gasteiger partial charge in [0, 0.05) is 24.7 Å². The molecular weight excluding hydrogens is 374 g/mol. The van der Waals surface area contributed by atoms with Crippen molar-refractivity contribution in [3.8, 4) is 9.88 Å². The van der Waals surface area contributed by atoms with Crippen molar-refractivity contribution in [2.75, 3.05) is 26.7 Å². The molecule has 25 heavy (non-hydrogen) atoms. The van der Waals surface area contributed by atoms with Gasteiger partial charge in [-0.2, -0.15) is 0 Å². The molecule has 2 fully saturated rings. The van der Waals surface area contributed by atoms with Crippen LogP contribution in [0.2, 0.25) is 5.02 Å². The number of amides is 1. The largest absolute Gasteiger partial charge is 0.338 e. The summed E-state index contributed by atoms with van der Waals surface area (Å²) < 4.78 is 0. The summed E-state index contributed by atoms with van der Waals surface area (Å²) in [7, 11) is 1.93. The average molecular weight is 396 g/mol. The van der Waals surface area contributed by atoms with Crippen LogP contribution >= 0.6 is 34.3 Å². The van der Waals surface area contributed by atoms with Crippen LogP contribution in [0.15, 0.2) is 17.6 Å². The molecule has 4 rings (SSSR count). The molecule has 0 aromatic carbocycles. The highest BCUT2D eigenvalue weighted by Crippen LogP contribution is 2.42. The van der Waals surface area contributed by atoms with Crippen molar-refractivity contribution >= 4 is 40.2 Å². The first-order chi connectivity index (χ1) is 12.1. The summed E-state index contributed by atoms with van der Waals surface area (Å²) in [6, 6.07) is 2.05. The fraction of sp³-hybridized carbons (Fsp3) is 0.556. The minimum atomic E-state index is 0.115. The number of carbonyl (C=O) groups excluding carboxylic acids is 1. The fourth-order valence-corrected chi connectivity index (χ4v) is 6.26. The second-order valence-electron chi connectivity index (χ2n) is 6.92. The van der Waals surface area contributed by atoms with Gasteiger partial charge >= 0.3 is 0 Å². The van der Waals surface area contributed by atoms with Crippen molar-refractivity contribution in [1.82, 2.24) is 14.8 Å². The third-order valence-corrected chi connectivity index (χ3v) is 7.86. The minimum absolute atomic E-state index is 0.115. The van der Waals surface area contributed by atoms with Crippen molar-refractivity contribution in [1.29, 1.82) is 0 Å². The van der Waals surface area contributed by atoms with E-state index in [4.69, 9.17) is 11.6 Å². The summed E-state index contributed by atoms with van der Waals surface area (Å²) in [6.07, 6.45) is 6.67. The predicted molar refractivity (Wildman–Crippen MR) is 104 cm³/mol. The van der Waals surface area contributed by atoms with E-state index in [1.54, 1.807) is 22.7 Å². The number of halogens is 1. The number of hydrogen-bond acceptors (Lipinski definition) is 5. The lowest BCUT2D eigenvalue weighted by Gasteiger charge is -2.28. The van der Waals surface area contributed by atoms with Crippen molar-refractivity contribution < 1.29 is 4.79 Å². The second kappa shape index (κ2) is 7.35. The van der Waals surface area contributed by atoms with E-state index in [0.29, 0.717) is 0 Å². The SMILES string of the molecule is CN1C(=O)[C@H](CN2CCCCC2)C[C@@H]1c1cnc(-c2sccc2Cl)s1. The van der Waals surface area contributed by atoms with Crippen molar-refractivity contribution in [3.63, 3.8) is 0 Å². The summed E-state index contributed by atoms with van der Waals surface area (Å²) in [5, 5.41) is 3.69. The highest BCUT2D eigenvalue weighted by Gasteiger charge is 2.39. The molecule has 2 aliphatic heterocycles. The van der Waals surface area contributed by atoms with Gasteiger partial charge in [-0.05, 0) is 43.8 Å². The zero-order valence-electron chi connectivity index (χ0n) is 14.3. The lowest BCUT2D eigenvalue weighted by atomic mass is 10.0. The summed E-state index contributed by atoms with van der Waals surface area (Å²) >= 11 is 9.51. The molecule has 0 radical (unpaired) electrons. The number of thiophene rings is 1. The number of likely N-dealkylation sites (tertiary alicyclic amines) is 2. The summed E-state index contributed by atoms with van der Waals surface area (Å²) in [6.45, 7) is 3.18. The maximum Gasteiger partial charge on any atom is 0.227 e. The number of aromatic nitrogens is 1. The maximum absolute atomic E-state index is 12.7. The lowest BCUT2D eigenvalue weighted by Crippen LogP contribution is -2.36. The molecule has 7 heteroatoms. The molecule has 2 aromatic rings. The standard InChI is InChI=1S/C18H22ClN3OS2/c1-21-14(9-12(18(21)23)11-22-6-3-2-4-7-22)15-10-20-17(25-15)16-13(19)5-8-24-16/h5,8,10,12,14H,2-4,6-7,9,11H2,1H3/t12-,14+/m0/s1. The van der Waals surface area contributed by atoms with Crippen molar-refractivity contribution in [3.05, 3.63) is 27.5 Å². The normalized spacial score (nSPS) is 25.0. The number of rotatable bonds is 4. The lowest BCUT2D eigenvalue weighted by molar-refractivity contribution is -0.131. The summed E-state index contributed by atoms with van der Waals surface area (Å²) in [4.78, 5) is 23.8. The minimum Gasteiger partial charge on any atom is -0.338 e. The van der Waals surface area contributed by atoms with E-state index in [0.717, 1.165) is 45.8 Å². The van der Waals surface area contributed by atoms with E-state index >= 15 is 0 Å².